The molecule has 22 heavy (non-hydrogen) atoms. The zero-order valence-corrected chi connectivity index (χ0v) is 12.9. The molecule has 122 valence electrons. The monoisotopic (exact) mass is 310 g/mol. The number of carbonyl (C=O) groups is 2. The van der Waals surface area contributed by atoms with E-state index < -0.39 is 11.9 Å². The molecule has 1 heterocycles. The molecule has 0 aliphatic heterocycles. The molecule has 0 aliphatic rings. The average molecular weight is 310 g/mol. The number of pyridine rings is 1. The zero-order valence-electron chi connectivity index (χ0n) is 12.9. The summed E-state index contributed by atoms with van der Waals surface area (Å²) in [5, 5.41) is 9.02. The molecule has 0 saturated carbocycles. The Morgan fingerprint density at radius 1 is 1.45 bits per heavy atom. The van der Waals surface area contributed by atoms with Gasteiger partial charge in [0.05, 0.1) is 5.92 Å². The van der Waals surface area contributed by atoms with Crippen molar-refractivity contribution in [3.8, 4) is 0 Å². The van der Waals surface area contributed by atoms with Gasteiger partial charge in [-0.25, -0.2) is 0 Å². The summed E-state index contributed by atoms with van der Waals surface area (Å²) >= 11 is 0. The first-order valence-corrected chi connectivity index (χ1v) is 7.24. The molecule has 1 amide bonds. The number of hydrogen-bond donors (Lipinski definition) is 2. The van der Waals surface area contributed by atoms with Crippen LogP contribution in [-0.2, 0) is 9.53 Å². The number of H-pyrrole nitrogens is 1. The van der Waals surface area contributed by atoms with E-state index >= 15 is 0 Å². The molecule has 1 rings (SSSR count). The topological polar surface area (TPSA) is 99.7 Å². The molecule has 1 atom stereocenters. The predicted molar refractivity (Wildman–Crippen MR) is 80.9 cm³/mol. The van der Waals surface area contributed by atoms with E-state index in [4.69, 9.17) is 9.84 Å². The van der Waals surface area contributed by atoms with E-state index in [1.54, 1.807) is 6.92 Å². The van der Waals surface area contributed by atoms with Gasteiger partial charge in [0.15, 0.2) is 0 Å². The first-order chi connectivity index (χ1) is 10.5. The maximum atomic E-state index is 12.5. The lowest BCUT2D eigenvalue weighted by atomic mass is 10.1. The van der Waals surface area contributed by atoms with Crippen molar-refractivity contribution in [2.75, 3.05) is 26.3 Å². The highest BCUT2D eigenvalue weighted by molar-refractivity contribution is 5.94. The molecule has 0 aromatic carbocycles. The Bertz CT molecular complexity index is 555. The van der Waals surface area contributed by atoms with Gasteiger partial charge in [-0.2, -0.15) is 0 Å². The van der Waals surface area contributed by atoms with Crippen LogP contribution in [0, 0.1) is 5.92 Å². The smallest absolute Gasteiger partial charge is 0.308 e. The Labute approximate surface area is 128 Å². The van der Waals surface area contributed by atoms with Gasteiger partial charge in [-0.3, -0.25) is 14.4 Å². The summed E-state index contributed by atoms with van der Waals surface area (Å²) in [4.78, 5) is 38.7. The lowest BCUT2D eigenvalue weighted by Gasteiger charge is -2.24. The second-order valence-electron chi connectivity index (χ2n) is 4.98. The van der Waals surface area contributed by atoms with Crippen molar-refractivity contribution in [2.45, 2.75) is 20.3 Å². The Balaban J connectivity index is 2.80. The summed E-state index contributed by atoms with van der Waals surface area (Å²) < 4.78 is 5.23. The van der Waals surface area contributed by atoms with E-state index in [2.05, 4.69) is 4.98 Å². The Morgan fingerprint density at radius 2 is 2.18 bits per heavy atom. The fourth-order valence-corrected chi connectivity index (χ4v) is 1.95. The molecule has 0 spiro atoms. The Kier molecular flexibility index (Phi) is 7.31. The van der Waals surface area contributed by atoms with E-state index in [0.29, 0.717) is 26.2 Å². The average Bonchev–Trinajstić information content (AvgIpc) is 2.49. The highest BCUT2D eigenvalue weighted by atomic mass is 16.5. The number of nitrogens with zero attached hydrogens (tertiary/aromatic N) is 1. The van der Waals surface area contributed by atoms with Crippen LogP contribution in [0.1, 0.15) is 30.6 Å². The van der Waals surface area contributed by atoms with Crippen LogP contribution in [-0.4, -0.2) is 53.2 Å². The van der Waals surface area contributed by atoms with E-state index in [0.717, 1.165) is 0 Å². The Morgan fingerprint density at radius 3 is 2.77 bits per heavy atom. The molecule has 0 saturated heterocycles. The van der Waals surface area contributed by atoms with Crippen LogP contribution in [0.4, 0.5) is 0 Å². The van der Waals surface area contributed by atoms with Gasteiger partial charge in [-0.15, -0.1) is 0 Å². The standard InChI is InChI=1S/C15H22N2O5/c1-3-22-8-4-7-17(10-11(2)15(20)21)14(19)12-5-6-16-13(18)9-12/h5-6,9,11H,3-4,7-8,10H2,1-2H3,(H,16,18)(H,20,21). The molecular formula is C15H22N2O5. The van der Waals surface area contributed by atoms with Gasteiger partial charge >= 0.3 is 5.97 Å². The van der Waals surface area contributed by atoms with Crippen molar-refractivity contribution in [1.82, 2.24) is 9.88 Å². The Hall–Kier alpha value is -2.15. The minimum atomic E-state index is -0.964. The number of carbonyl (C=O) groups excluding carboxylic acids is 1. The second-order valence-corrected chi connectivity index (χ2v) is 4.98. The number of aromatic amines is 1. The number of carboxylic acids is 1. The van der Waals surface area contributed by atoms with Crippen molar-refractivity contribution < 1.29 is 19.4 Å². The van der Waals surface area contributed by atoms with Crippen LogP contribution in [0.15, 0.2) is 23.1 Å². The third-order valence-corrected chi connectivity index (χ3v) is 3.15. The number of carboxylic acid groups (broad SMARTS) is 1. The highest BCUT2D eigenvalue weighted by Gasteiger charge is 2.21. The van der Waals surface area contributed by atoms with Gasteiger partial charge in [0.2, 0.25) is 5.56 Å². The van der Waals surface area contributed by atoms with Gasteiger partial charge in [-0.05, 0) is 19.4 Å². The predicted octanol–water partition coefficient (Wildman–Crippen LogP) is 0.964. The van der Waals surface area contributed by atoms with Gasteiger partial charge in [0.25, 0.3) is 5.91 Å². The van der Waals surface area contributed by atoms with Crippen molar-refractivity contribution in [1.29, 1.82) is 0 Å². The first-order valence-electron chi connectivity index (χ1n) is 7.24. The van der Waals surface area contributed by atoms with E-state index in [1.807, 2.05) is 6.92 Å². The lowest BCUT2D eigenvalue weighted by molar-refractivity contribution is -0.141. The van der Waals surface area contributed by atoms with Gasteiger partial charge in [-0.1, -0.05) is 6.92 Å². The molecule has 0 aliphatic carbocycles. The lowest BCUT2D eigenvalue weighted by Crippen LogP contribution is -2.38. The number of rotatable bonds is 9. The maximum absolute atomic E-state index is 12.5. The SMILES string of the molecule is CCOCCCN(CC(C)C(=O)O)C(=O)c1cc[nH]c(=O)c1. The molecule has 0 radical (unpaired) electrons. The minimum absolute atomic E-state index is 0.0904. The summed E-state index contributed by atoms with van der Waals surface area (Å²) in [6, 6.07) is 2.72. The molecular weight excluding hydrogens is 288 g/mol. The molecule has 0 bridgehead atoms. The maximum Gasteiger partial charge on any atom is 0.308 e. The molecule has 2 N–H and O–H groups in total. The van der Waals surface area contributed by atoms with Crippen molar-refractivity contribution in [2.24, 2.45) is 5.92 Å². The molecule has 7 heteroatoms. The first kappa shape index (κ1) is 17.9. The summed E-state index contributed by atoms with van der Waals surface area (Å²) in [5.41, 5.74) is -0.121. The molecule has 1 unspecified atom stereocenters. The van der Waals surface area contributed by atoms with Gasteiger partial charge < -0.3 is 19.7 Å². The van der Waals surface area contributed by atoms with E-state index in [9.17, 15) is 14.4 Å². The third-order valence-electron chi connectivity index (χ3n) is 3.15. The molecule has 1 aromatic heterocycles. The van der Waals surface area contributed by atoms with Crippen molar-refractivity contribution >= 4 is 11.9 Å². The van der Waals surface area contributed by atoms with Crippen LogP contribution in [0.5, 0.6) is 0 Å². The minimum Gasteiger partial charge on any atom is -0.481 e. The van der Waals surface area contributed by atoms with Crippen LogP contribution < -0.4 is 5.56 Å². The third kappa shape index (κ3) is 5.69. The summed E-state index contributed by atoms with van der Waals surface area (Å²) in [6.07, 6.45) is 2.00. The normalized spacial score (nSPS) is 11.9. The second kappa shape index (κ2) is 8.99. The fraction of sp³-hybridized carbons (Fsp3) is 0.533. The van der Waals surface area contributed by atoms with Crippen LogP contribution in [0.2, 0.25) is 0 Å². The number of amides is 1. The van der Waals surface area contributed by atoms with E-state index in [-0.39, 0.29) is 23.6 Å². The zero-order chi connectivity index (χ0) is 16.5. The highest BCUT2D eigenvalue weighted by Crippen LogP contribution is 2.08. The largest absolute Gasteiger partial charge is 0.481 e. The van der Waals surface area contributed by atoms with Crippen LogP contribution >= 0.6 is 0 Å². The number of aliphatic carboxylic acids is 1. The number of ether oxygens (including phenoxy) is 1. The van der Waals surface area contributed by atoms with Crippen molar-refractivity contribution in [3.05, 3.63) is 34.2 Å². The summed E-state index contributed by atoms with van der Waals surface area (Å²) in [7, 11) is 0. The quantitative estimate of drug-likeness (QED) is 0.662. The van der Waals surface area contributed by atoms with Gasteiger partial charge in [0, 0.05) is 44.1 Å². The van der Waals surface area contributed by atoms with Crippen LogP contribution in [0.3, 0.4) is 0 Å². The van der Waals surface area contributed by atoms with Crippen molar-refractivity contribution in [3.63, 3.8) is 0 Å². The van der Waals surface area contributed by atoms with Crippen LogP contribution in [0.25, 0.3) is 0 Å². The molecule has 1 aromatic rings. The fourth-order valence-electron chi connectivity index (χ4n) is 1.95. The number of nitrogens with one attached hydrogen (secondary N) is 1. The summed E-state index contributed by atoms with van der Waals surface area (Å²) in [5.74, 6) is -2.00. The van der Waals surface area contributed by atoms with E-state index in [1.165, 1.54) is 23.2 Å². The van der Waals surface area contributed by atoms with Gasteiger partial charge in [0.1, 0.15) is 0 Å². The molecule has 0 fully saturated rings. The summed E-state index contributed by atoms with van der Waals surface area (Å²) in [6.45, 7) is 4.98. The molecule has 7 nitrogen and oxygen atoms in total. The number of aromatic nitrogens is 1. The number of hydrogen-bond acceptors (Lipinski definition) is 4.